The predicted molar refractivity (Wildman–Crippen MR) is 136 cm³/mol. The lowest BCUT2D eigenvalue weighted by atomic mass is 9.93. The van der Waals surface area contributed by atoms with E-state index in [0.717, 1.165) is 30.5 Å². The first-order chi connectivity index (χ1) is 17.0. The SMILES string of the molecule is O=C(CN1CCc2sccc2C1c1cccc(F)c1)N1CCCN(C(=O)c2cccc(Cl)c2)CC1. The van der Waals surface area contributed by atoms with Gasteiger partial charge >= 0.3 is 0 Å². The van der Waals surface area contributed by atoms with Gasteiger partial charge in [-0.2, -0.15) is 0 Å². The molecule has 2 aromatic carbocycles. The molecule has 1 unspecified atom stereocenters. The van der Waals surface area contributed by atoms with Crippen LogP contribution in [0.15, 0.2) is 60.0 Å². The van der Waals surface area contributed by atoms with Crippen molar-refractivity contribution in [1.29, 1.82) is 0 Å². The Hall–Kier alpha value is -2.74. The largest absolute Gasteiger partial charge is 0.340 e. The summed E-state index contributed by atoms with van der Waals surface area (Å²) in [5.41, 5.74) is 2.59. The molecule has 1 fully saturated rings. The van der Waals surface area contributed by atoms with Crippen LogP contribution in [0.4, 0.5) is 4.39 Å². The van der Waals surface area contributed by atoms with E-state index in [-0.39, 0.29) is 30.2 Å². The summed E-state index contributed by atoms with van der Waals surface area (Å²) in [5, 5.41) is 2.61. The molecule has 5 nitrogen and oxygen atoms in total. The summed E-state index contributed by atoms with van der Waals surface area (Å²) in [5.74, 6) is -0.288. The molecule has 35 heavy (non-hydrogen) atoms. The van der Waals surface area contributed by atoms with Crippen LogP contribution < -0.4 is 0 Å². The van der Waals surface area contributed by atoms with Crippen LogP contribution in [-0.4, -0.2) is 65.8 Å². The number of thiophene rings is 1. The Morgan fingerprint density at radius 3 is 2.60 bits per heavy atom. The lowest BCUT2D eigenvalue weighted by Crippen LogP contribution is -2.45. The summed E-state index contributed by atoms with van der Waals surface area (Å²) in [4.78, 5) is 33.5. The summed E-state index contributed by atoms with van der Waals surface area (Å²) < 4.78 is 14.1. The van der Waals surface area contributed by atoms with E-state index in [1.807, 2.05) is 11.0 Å². The zero-order chi connectivity index (χ0) is 24.4. The van der Waals surface area contributed by atoms with E-state index >= 15 is 0 Å². The van der Waals surface area contributed by atoms with Crippen molar-refractivity contribution in [1.82, 2.24) is 14.7 Å². The first-order valence-corrected chi connectivity index (χ1v) is 13.1. The van der Waals surface area contributed by atoms with Crippen molar-refractivity contribution in [2.45, 2.75) is 18.9 Å². The van der Waals surface area contributed by atoms with Crippen LogP contribution in [0.1, 0.15) is 38.8 Å². The molecule has 2 aliphatic rings. The number of hydrogen-bond acceptors (Lipinski definition) is 4. The molecule has 0 spiro atoms. The number of hydrogen-bond donors (Lipinski definition) is 0. The van der Waals surface area contributed by atoms with Crippen molar-refractivity contribution in [3.05, 3.63) is 92.4 Å². The zero-order valence-electron chi connectivity index (χ0n) is 19.3. The van der Waals surface area contributed by atoms with Crippen molar-refractivity contribution >= 4 is 34.8 Å². The number of nitrogens with zero attached hydrogens (tertiary/aromatic N) is 3. The molecule has 3 heterocycles. The lowest BCUT2D eigenvalue weighted by molar-refractivity contribution is -0.132. The molecule has 3 aromatic rings. The Kier molecular flexibility index (Phi) is 7.18. The number of halogens is 2. The Bertz CT molecular complexity index is 1230. The maximum absolute atomic E-state index is 14.1. The highest BCUT2D eigenvalue weighted by molar-refractivity contribution is 7.10. The average Bonchev–Trinajstić information content (AvgIpc) is 3.19. The summed E-state index contributed by atoms with van der Waals surface area (Å²) in [6.45, 7) is 3.20. The van der Waals surface area contributed by atoms with Crippen molar-refractivity contribution < 1.29 is 14.0 Å². The number of fused-ring (bicyclic) bond motifs is 1. The number of benzene rings is 2. The van der Waals surface area contributed by atoms with E-state index in [4.69, 9.17) is 11.6 Å². The van der Waals surface area contributed by atoms with Crippen LogP contribution in [0.5, 0.6) is 0 Å². The molecule has 182 valence electrons. The molecule has 2 aliphatic heterocycles. The summed E-state index contributed by atoms with van der Waals surface area (Å²) in [6, 6.07) is 15.6. The third-order valence-electron chi connectivity index (χ3n) is 6.78. The van der Waals surface area contributed by atoms with Gasteiger partial charge in [0.1, 0.15) is 5.82 Å². The van der Waals surface area contributed by atoms with Gasteiger partial charge in [0.15, 0.2) is 0 Å². The fourth-order valence-electron chi connectivity index (χ4n) is 5.05. The Morgan fingerprint density at radius 2 is 1.77 bits per heavy atom. The van der Waals surface area contributed by atoms with E-state index in [1.54, 1.807) is 52.6 Å². The van der Waals surface area contributed by atoms with Crippen molar-refractivity contribution in [2.75, 3.05) is 39.3 Å². The molecule has 1 aromatic heterocycles. The van der Waals surface area contributed by atoms with Gasteiger partial charge in [0.2, 0.25) is 5.91 Å². The molecular formula is C27H27ClFN3O2S. The van der Waals surface area contributed by atoms with Gasteiger partial charge in [-0.1, -0.05) is 29.8 Å². The molecule has 0 saturated carbocycles. The van der Waals surface area contributed by atoms with Crippen LogP contribution in [0.25, 0.3) is 0 Å². The highest BCUT2D eigenvalue weighted by Crippen LogP contribution is 2.37. The predicted octanol–water partition coefficient (Wildman–Crippen LogP) is 4.86. The molecule has 0 N–H and O–H groups in total. The third-order valence-corrected chi connectivity index (χ3v) is 8.01. The number of carbonyl (C=O) groups excluding carboxylic acids is 2. The maximum atomic E-state index is 14.1. The van der Waals surface area contributed by atoms with Gasteiger partial charge in [0, 0.05) is 48.2 Å². The highest BCUT2D eigenvalue weighted by Gasteiger charge is 2.32. The highest BCUT2D eigenvalue weighted by atomic mass is 35.5. The molecule has 1 atom stereocenters. The first-order valence-electron chi connectivity index (χ1n) is 11.9. The molecule has 0 radical (unpaired) electrons. The van der Waals surface area contributed by atoms with Crippen LogP contribution in [-0.2, 0) is 11.2 Å². The van der Waals surface area contributed by atoms with Gasteiger partial charge in [-0.15, -0.1) is 11.3 Å². The molecule has 1 saturated heterocycles. The van der Waals surface area contributed by atoms with Crippen LogP contribution in [0, 0.1) is 5.82 Å². The number of carbonyl (C=O) groups is 2. The molecule has 0 aliphatic carbocycles. The van der Waals surface area contributed by atoms with Gasteiger partial charge in [-0.3, -0.25) is 14.5 Å². The maximum Gasteiger partial charge on any atom is 0.253 e. The zero-order valence-corrected chi connectivity index (χ0v) is 20.9. The molecule has 5 rings (SSSR count). The molecule has 2 amide bonds. The summed E-state index contributed by atoms with van der Waals surface area (Å²) >= 11 is 7.78. The summed E-state index contributed by atoms with van der Waals surface area (Å²) in [6.07, 6.45) is 1.61. The standard InChI is InChI=1S/C27H27ClFN3O2S/c28-21-6-1-5-20(16-21)27(34)31-11-3-10-30(13-14-31)25(33)18-32-12-8-24-23(9-15-35-24)26(32)19-4-2-7-22(29)17-19/h1-2,4-7,9,15-17,26H,3,8,10-14,18H2. The fourth-order valence-corrected chi connectivity index (χ4v) is 6.15. The Balaban J connectivity index is 1.28. The average molecular weight is 512 g/mol. The smallest absolute Gasteiger partial charge is 0.253 e. The molecular weight excluding hydrogens is 485 g/mol. The quantitative estimate of drug-likeness (QED) is 0.502. The summed E-state index contributed by atoms with van der Waals surface area (Å²) in [7, 11) is 0. The third kappa shape index (κ3) is 5.27. The van der Waals surface area contributed by atoms with E-state index in [1.165, 1.54) is 10.9 Å². The normalized spacial score (nSPS) is 18.7. The topological polar surface area (TPSA) is 43.9 Å². The van der Waals surface area contributed by atoms with Crippen molar-refractivity contribution in [3.8, 4) is 0 Å². The van der Waals surface area contributed by atoms with Crippen LogP contribution in [0.3, 0.4) is 0 Å². The van der Waals surface area contributed by atoms with Gasteiger partial charge < -0.3 is 9.80 Å². The lowest BCUT2D eigenvalue weighted by Gasteiger charge is -2.37. The van der Waals surface area contributed by atoms with Crippen molar-refractivity contribution in [3.63, 3.8) is 0 Å². The van der Waals surface area contributed by atoms with Gasteiger partial charge in [-0.25, -0.2) is 4.39 Å². The fraction of sp³-hybridized carbons (Fsp3) is 0.333. The van der Waals surface area contributed by atoms with Gasteiger partial charge in [-0.05, 0) is 65.7 Å². The second-order valence-corrected chi connectivity index (χ2v) is 10.5. The van der Waals surface area contributed by atoms with E-state index < -0.39 is 0 Å². The minimum Gasteiger partial charge on any atom is -0.340 e. The Morgan fingerprint density at radius 1 is 0.971 bits per heavy atom. The van der Waals surface area contributed by atoms with Gasteiger partial charge in [0.25, 0.3) is 5.91 Å². The second kappa shape index (κ2) is 10.5. The monoisotopic (exact) mass is 511 g/mol. The van der Waals surface area contributed by atoms with Crippen LogP contribution in [0.2, 0.25) is 5.02 Å². The molecule has 8 heteroatoms. The van der Waals surface area contributed by atoms with E-state index in [0.29, 0.717) is 36.8 Å². The van der Waals surface area contributed by atoms with Gasteiger partial charge in [0.05, 0.1) is 12.6 Å². The second-order valence-electron chi connectivity index (χ2n) is 9.01. The minimum absolute atomic E-state index is 0.0436. The van der Waals surface area contributed by atoms with Crippen LogP contribution >= 0.6 is 22.9 Å². The Labute approximate surface area is 213 Å². The van der Waals surface area contributed by atoms with Crippen molar-refractivity contribution in [2.24, 2.45) is 0 Å². The minimum atomic E-state index is -0.270. The molecule has 0 bridgehead atoms. The first kappa shape index (κ1) is 24.0. The van der Waals surface area contributed by atoms with E-state index in [9.17, 15) is 14.0 Å². The van der Waals surface area contributed by atoms with E-state index in [2.05, 4.69) is 16.3 Å². The number of amides is 2. The number of rotatable bonds is 4.